The van der Waals surface area contributed by atoms with Gasteiger partial charge in [0.15, 0.2) is 0 Å². The predicted molar refractivity (Wildman–Crippen MR) is 80.9 cm³/mol. The Balaban J connectivity index is 2.03. The summed E-state index contributed by atoms with van der Waals surface area (Å²) in [6, 6.07) is 9.14. The molecule has 0 N–H and O–H groups in total. The summed E-state index contributed by atoms with van der Waals surface area (Å²) in [5.74, 6) is -2.73. The van der Waals surface area contributed by atoms with Gasteiger partial charge in [0.05, 0.1) is 24.9 Å². The molecule has 1 heterocycles. The lowest BCUT2D eigenvalue weighted by Crippen LogP contribution is -2.47. The number of anilines is 1. The Morgan fingerprint density at radius 1 is 1.21 bits per heavy atom. The molecule has 2 aromatic carbocycles. The van der Waals surface area contributed by atoms with Crippen LogP contribution in [0.4, 0.5) is 14.5 Å². The average Bonchev–Trinajstić information content (AvgIpc) is 2.61. The quantitative estimate of drug-likeness (QED) is 0.793. The fourth-order valence-electron chi connectivity index (χ4n) is 2.49. The topological polar surface area (TPSA) is 55.8 Å². The highest BCUT2D eigenvalue weighted by molar-refractivity contribution is 6.07. The Kier molecular flexibility index (Phi) is 4.16. The number of nitrogens with zero attached hydrogens (tertiary/aromatic N) is 1. The number of fused-ring (bicyclic) bond motifs is 1. The second kappa shape index (κ2) is 6.27. The van der Waals surface area contributed by atoms with Crippen LogP contribution in [0.3, 0.4) is 0 Å². The number of halogens is 2. The van der Waals surface area contributed by atoms with Gasteiger partial charge in [-0.05, 0) is 30.3 Å². The zero-order chi connectivity index (χ0) is 17.3. The van der Waals surface area contributed by atoms with Crippen LogP contribution in [0, 0.1) is 11.6 Å². The standard InChI is InChI=1S/C17H13F2NO4/c1-23-17(22)15-9-20(13-4-2-3-5-14(13)24-15)16(21)11-8-10(18)6-7-12(11)19/h2-8,15H,9H2,1H3/t15-/m1/s1. The van der Waals surface area contributed by atoms with E-state index in [1.165, 1.54) is 12.0 Å². The Morgan fingerprint density at radius 3 is 2.71 bits per heavy atom. The number of hydrogen-bond acceptors (Lipinski definition) is 4. The van der Waals surface area contributed by atoms with Crippen LogP contribution in [0.2, 0.25) is 0 Å². The molecule has 3 rings (SSSR count). The minimum atomic E-state index is -1.05. The first-order valence-electron chi connectivity index (χ1n) is 7.11. The third kappa shape index (κ3) is 2.80. The number of amides is 1. The number of methoxy groups -OCH3 is 1. The number of carbonyl (C=O) groups is 2. The zero-order valence-electron chi connectivity index (χ0n) is 12.7. The lowest BCUT2D eigenvalue weighted by Gasteiger charge is -2.33. The number of carbonyl (C=O) groups excluding carboxylic acids is 2. The maximum Gasteiger partial charge on any atom is 0.348 e. The smallest absolute Gasteiger partial charge is 0.348 e. The van der Waals surface area contributed by atoms with Crippen molar-refractivity contribution in [3.63, 3.8) is 0 Å². The van der Waals surface area contributed by atoms with E-state index in [2.05, 4.69) is 4.74 Å². The molecule has 1 aliphatic rings. The van der Waals surface area contributed by atoms with E-state index in [0.717, 1.165) is 18.2 Å². The Labute approximate surface area is 136 Å². The van der Waals surface area contributed by atoms with Crippen LogP contribution in [0.15, 0.2) is 42.5 Å². The molecule has 0 unspecified atom stereocenters. The second-order valence-electron chi connectivity index (χ2n) is 5.14. The molecule has 1 atom stereocenters. The lowest BCUT2D eigenvalue weighted by atomic mass is 10.1. The molecule has 1 aliphatic heterocycles. The van der Waals surface area contributed by atoms with Crippen molar-refractivity contribution in [3.05, 3.63) is 59.7 Å². The highest BCUT2D eigenvalue weighted by Gasteiger charge is 2.35. The van der Waals surface area contributed by atoms with E-state index >= 15 is 0 Å². The number of esters is 1. The fraction of sp³-hybridized carbons (Fsp3) is 0.176. The molecule has 0 bridgehead atoms. The molecule has 0 saturated heterocycles. The largest absolute Gasteiger partial charge is 0.475 e. The van der Waals surface area contributed by atoms with Gasteiger partial charge in [0.25, 0.3) is 5.91 Å². The van der Waals surface area contributed by atoms with E-state index in [1.54, 1.807) is 24.3 Å². The van der Waals surface area contributed by atoms with Crippen molar-refractivity contribution in [2.45, 2.75) is 6.10 Å². The van der Waals surface area contributed by atoms with Gasteiger partial charge in [-0.1, -0.05) is 12.1 Å². The number of rotatable bonds is 2. The molecule has 0 spiro atoms. The molecule has 0 fully saturated rings. The van der Waals surface area contributed by atoms with Gasteiger partial charge in [-0.25, -0.2) is 13.6 Å². The Bertz CT molecular complexity index is 809. The summed E-state index contributed by atoms with van der Waals surface area (Å²) >= 11 is 0. The summed E-state index contributed by atoms with van der Waals surface area (Å²) in [5.41, 5.74) is -0.0540. The number of para-hydroxylation sites is 2. The molecule has 0 aromatic heterocycles. The normalized spacial score (nSPS) is 16.1. The van der Waals surface area contributed by atoms with Crippen LogP contribution in [-0.4, -0.2) is 31.6 Å². The minimum absolute atomic E-state index is 0.168. The van der Waals surface area contributed by atoms with E-state index in [4.69, 9.17) is 4.74 Å². The summed E-state index contributed by atoms with van der Waals surface area (Å²) in [7, 11) is 1.20. The third-order valence-electron chi connectivity index (χ3n) is 3.64. The molecule has 24 heavy (non-hydrogen) atoms. The zero-order valence-corrected chi connectivity index (χ0v) is 12.7. The molecule has 5 nitrogen and oxygen atoms in total. The number of ether oxygens (including phenoxy) is 2. The Hall–Kier alpha value is -2.96. The van der Waals surface area contributed by atoms with E-state index in [-0.39, 0.29) is 12.3 Å². The van der Waals surface area contributed by atoms with Crippen LogP contribution >= 0.6 is 0 Å². The van der Waals surface area contributed by atoms with E-state index in [9.17, 15) is 18.4 Å². The average molecular weight is 333 g/mol. The van der Waals surface area contributed by atoms with Crippen LogP contribution in [0.25, 0.3) is 0 Å². The van der Waals surface area contributed by atoms with Gasteiger partial charge in [0.2, 0.25) is 6.10 Å². The second-order valence-corrected chi connectivity index (χ2v) is 5.14. The van der Waals surface area contributed by atoms with Gasteiger partial charge in [-0.15, -0.1) is 0 Å². The molecule has 0 saturated carbocycles. The van der Waals surface area contributed by atoms with Crippen molar-refractivity contribution < 1.29 is 27.8 Å². The molecule has 7 heteroatoms. The molecular formula is C17H13F2NO4. The highest BCUT2D eigenvalue weighted by atomic mass is 19.1. The van der Waals surface area contributed by atoms with Crippen molar-refractivity contribution >= 4 is 17.6 Å². The van der Waals surface area contributed by atoms with E-state index in [1.807, 2.05) is 0 Å². The van der Waals surface area contributed by atoms with Crippen LogP contribution in [-0.2, 0) is 9.53 Å². The number of benzene rings is 2. The lowest BCUT2D eigenvalue weighted by molar-refractivity contribution is -0.148. The monoisotopic (exact) mass is 333 g/mol. The van der Waals surface area contributed by atoms with Crippen molar-refractivity contribution in [2.24, 2.45) is 0 Å². The first-order valence-corrected chi connectivity index (χ1v) is 7.11. The molecule has 1 amide bonds. The van der Waals surface area contributed by atoms with Crippen LogP contribution in [0.1, 0.15) is 10.4 Å². The molecule has 124 valence electrons. The number of hydrogen-bond donors (Lipinski definition) is 0. The summed E-state index contributed by atoms with van der Waals surface area (Å²) in [6.07, 6.45) is -1.05. The fourth-order valence-corrected chi connectivity index (χ4v) is 2.49. The molecule has 0 radical (unpaired) electrons. The third-order valence-corrected chi connectivity index (χ3v) is 3.64. The summed E-state index contributed by atoms with van der Waals surface area (Å²) in [4.78, 5) is 25.7. The van der Waals surface area contributed by atoms with Gasteiger partial charge in [-0.2, -0.15) is 0 Å². The van der Waals surface area contributed by atoms with Gasteiger partial charge >= 0.3 is 5.97 Å². The maximum absolute atomic E-state index is 13.9. The highest BCUT2D eigenvalue weighted by Crippen LogP contribution is 2.34. The SMILES string of the molecule is COC(=O)[C@H]1CN(C(=O)c2cc(F)ccc2F)c2ccccc2O1. The van der Waals surface area contributed by atoms with Crippen molar-refractivity contribution in [1.82, 2.24) is 0 Å². The molecular weight excluding hydrogens is 320 g/mol. The predicted octanol–water partition coefficient (Wildman–Crippen LogP) is 2.55. The molecule has 0 aliphatic carbocycles. The first kappa shape index (κ1) is 15.9. The maximum atomic E-state index is 13.9. The summed E-state index contributed by atoms with van der Waals surface area (Å²) < 4.78 is 37.5. The minimum Gasteiger partial charge on any atom is -0.475 e. The van der Waals surface area contributed by atoms with Gasteiger partial charge in [0.1, 0.15) is 17.4 Å². The van der Waals surface area contributed by atoms with Crippen molar-refractivity contribution in [3.8, 4) is 5.75 Å². The van der Waals surface area contributed by atoms with E-state index in [0.29, 0.717) is 5.69 Å². The van der Waals surface area contributed by atoms with E-state index < -0.39 is 35.2 Å². The van der Waals surface area contributed by atoms with Crippen molar-refractivity contribution in [1.29, 1.82) is 0 Å². The van der Waals surface area contributed by atoms with Gasteiger partial charge in [-0.3, -0.25) is 4.79 Å². The van der Waals surface area contributed by atoms with Crippen LogP contribution in [0.5, 0.6) is 5.75 Å². The summed E-state index contributed by atoms with van der Waals surface area (Å²) in [5, 5.41) is 0. The molecule has 2 aromatic rings. The van der Waals surface area contributed by atoms with Crippen molar-refractivity contribution in [2.75, 3.05) is 18.6 Å². The first-order chi connectivity index (χ1) is 11.5. The Morgan fingerprint density at radius 2 is 1.96 bits per heavy atom. The van der Waals surface area contributed by atoms with Gasteiger partial charge < -0.3 is 14.4 Å². The van der Waals surface area contributed by atoms with Gasteiger partial charge in [0, 0.05) is 0 Å². The van der Waals surface area contributed by atoms with Crippen LogP contribution < -0.4 is 9.64 Å². The summed E-state index contributed by atoms with van der Waals surface area (Å²) in [6.45, 7) is -0.168.